The lowest BCUT2D eigenvalue weighted by Gasteiger charge is -2.38. The second-order valence-electron chi connectivity index (χ2n) is 4.87. The summed E-state index contributed by atoms with van der Waals surface area (Å²) in [7, 11) is 0. The quantitative estimate of drug-likeness (QED) is 0.716. The molecule has 2 heteroatoms. The van der Waals surface area contributed by atoms with E-state index in [0.29, 0.717) is 12.0 Å². The Hall–Kier alpha value is -1.33. The normalized spacial score (nSPS) is 27.7. The summed E-state index contributed by atoms with van der Waals surface area (Å²) < 4.78 is 0. The van der Waals surface area contributed by atoms with Gasteiger partial charge >= 0.3 is 0 Å². The summed E-state index contributed by atoms with van der Waals surface area (Å²) in [6, 6.07) is 9.12. The second-order valence-corrected chi connectivity index (χ2v) is 4.87. The van der Waals surface area contributed by atoms with E-state index in [0.717, 1.165) is 18.5 Å². The lowest BCUT2D eigenvalue weighted by Crippen LogP contribution is -2.42. The first-order chi connectivity index (χ1) is 7.88. The molecular formula is C14H16N2. The number of fused-ring (bicyclic) bond motifs is 3. The summed E-state index contributed by atoms with van der Waals surface area (Å²) in [6.07, 6.45) is 4.95. The average molecular weight is 212 g/mol. The lowest BCUT2D eigenvalue weighted by atomic mass is 9.75. The van der Waals surface area contributed by atoms with Crippen LogP contribution in [0.1, 0.15) is 41.9 Å². The van der Waals surface area contributed by atoms with E-state index >= 15 is 0 Å². The lowest BCUT2D eigenvalue weighted by molar-refractivity contribution is 0.319. The van der Waals surface area contributed by atoms with Crippen molar-refractivity contribution in [3.63, 3.8) is 0 Å². The SMILES string of the molecule is N#Cc1ccc2c(c1)C1CCCNC1CC2. The molecule has 0 aromatic heterocycles. The van der Waals surface area contributed by atoms with Crippen molar-refractivity contribution < 1.29 is 0 Å². The molecule has 3 rings (SSSR count). The van der Waals surface area contributed by atoms with Crippen molar-refractivity contribution in [2.45, 2.75) is 37.6 Å². The van der Waals surface area contributed by atoms with Crippen LogP contribution in [0.2, 0.25) is 0 Å². The van der Waals surface area contributed by atoms with Gasteiger partial charge in [0.1, 0.15) is 0 Å². The van der Waals surface area contributed by atoms with Crippen LogP contribution in [0.5, 0.6) is 0 Å². The summed E-state index contributed by atoms with van der Waals surface area (Å²) in [6.45, 7) is 1.16. The Morgan fingerprint density at radius 2 is 2.25 bits per heavy atom. The van der Waals surface area contributed by atoms with E-state index in [1.807, 2.05) is 6.07 Å². The van der Waals surface area contributed by atoms with Gasteiger partial charge in [-0.15, -0.1) is 0 Å². The van der Waals surface area contributed by atoms with Gasteiger partial charge in [-0.25, -0.2) is 0 Å². The molecule has 1 N–H and O–H groups in total. The highest BCUT2D eigenvalue weighted by Crippen LogP contribution is 2.37. The third-order valence-electron chi connectivity index (χ3n) is 3.98. The molecule has 1 heterocycles. The number of nitrogens with zero attached hydrogens (tertiary/aromatic N) is 1. The van der Waals surface area contributed by atoms with Crippen LogP contribution in [0.15, 0.2) is 18.2 Å². The van der Waals surface area contributed by atoms with Gasteiger partial charge in [0.05, 0.1) is 11.6 Å². The summed E-state index contributed by atoms with van der Waals surface area (Å²) in [5, 5.41) is 12.6. The summed E-state index contributed by atoms with van der Waals surface area (Å²) in [4.78, 5) is 0. The van der Waals surface area contributed by atoms with E-state index in [9.17, 15) is 0 Å². The van der Waals surface area contributed by atoms with Gasteiger partial charge in [0, 0.05) is 6.04 Å². The first-order valence-corrected chi connectivity index (χ1v) is 6.15. The number of hydrogen-bond donors (Lipinski definition) is 1. The minimum Gasteiger partial charge on any atom is -0.313 e. The van der Waals surface area contributed by atoms with Crippen molar-refractivity contribution in [2.24, 2.45) is 0 Å². The van der Waals surface area contributed by atoms with Gasteiger partial charge in [-0.3, -0.25) is 0 Å². The van der Waals surface area contributed by atoms with E-state index in [1.165, 1.54) is 30.4 Å². The number of nitrogens with one attached hydrogen (secondary N) is 1. The molecule has 2 atom stereocenters. The molecule has 2 nitrogen and oxygen atoms in total. The Morgan fingerprint density at radius 1 is 1.31 bits per heavy atom. The van der Waals surface area contributed by atoms with E-state index < -0.39 is 0 Å². The molecule has 2 aliphatic rings. The fraction of sp³-hybridized carbons (Fsp3) is 0.500. The van der Waals surface area contributed by atoms with Crippen LogP contribution in [-0.4, -0.2) is 12.6 Å². The monoisotopic (exact) mass is 212 g/mol. The fourth-order valence-electron chi connectivity index (χ4n) is 3.18. The van der Waals surface area contributed by atoms with Gasteiger partial charge in [-0.2, -0.15) is 5.26 Å². The van der Waals surface area contributed by atoms with Crippen LogP contribution in [0.4, 0.5) is 0 Å². The number of nitriles is 1. The zero-order valence-electron chi connectivity index (χ0n) is 9.37. The molecule has 1 saturated heterocycles. The maximum Gasteiger partial charge on any atom is 0.0991 e. The zero-order valence-corrected chi connectivity index (χ0v) is 9.37. The molecule has 0 amide bonds. The van der Waals surface area contributed by atoms with Crippen molar-refractivity contribution in [1.29, 1.82) is 5.26 Å². The highest BCUT2D eigenvalue weighted by molar-refractivity contribution is 5.42. The minimum atomic E-state index is 0.644. The maximum absolute atomic E-state index is 8.97. The first-order valence-electron chi connectivity index (χ1n) is 6.15. The molecule has 1 aromatic rings. The number of piperidine rings is 1. The molecule has 82 valence electrons. The van der Waals surface area contributed by atoms with Gasteiger partial charge in [0.15, 0.2) is 0 Å². The number of hydrogen-bond acceptors (Lipinski definition) is 2. The Labute approximate surface area is 96.3 Å². The minimum absolute atomic E-state index is 0.644. The highest BCUT2D eigenvalue weighted by Gasteiger charge is 2.31. The number of aryl methyl sites for hydroxylation is 1. The topological polar surface area (TPSA) is 35.8 Å². The maximum atomic E-state index is 8.97. The molecule has 1 aliphatic heterocycles. The molecule has 16 heavy (non-hydrogen) atoms. The van der Waals surface area contributed by atoms with E-state index in [4.69, 9.17) is 5.26 Å². The smallest absolute Gasteiger partial charge is 0.0991 e. The molecule has 0 bridgehead atoms. The molecule has 0 radical (unpaired) electrons. The molecule has 0 saturated carbocycles. The van der Waals surface area contributed by atoms with Crippen LogP contribution in [-0.2, 0) is 6.42 Å². The number of benzene rings is 1. The van der Waals surface area contributed by atoms with Crippen molar-refractivity contribution in [3.05, 3.63) is 34.9 Å². The van der Waals surface area contributed by atoms with Gasteiger partial charge < -0.3 is 5.32 Å². The third kappa shape index (κ3) is 1.52. The van der Waals surface area contributed by atoms with Crippen LogP contribution in [0.25, 0.3) is 0 Å². The highest BCUT2D eigenvalue weighted by atomic mass is 14.9. The molecule has 0 spiro atoms. The fourth-order valence-corrected chi connectivity index (χ4v) is 3.18. The van der Waals surface area contributed by atoms with Gasteiger partial charge in [-0.05, 0) is 61.4 Å². The van der Waals surface area contributed by atoms with Crippen LogP contribution >= 0.6 is 0 Å². The van der Waals surface area contributed by atoms with E-state index in [2.05, 4.69) is 23.5 Å². The Kier molecular flexibility index (Phi) is 2.41. The van der Waals surface area contributed by atoms with E-state index in [-0.39, 0.29) is 0 Å². The van der Waals surface area contributed by atoms with Gasteiger partial charge in [-0.1, -0.05) is 6.07 Å². The molecular weight excluding hydrogens is 196 g/mol. The molecule has 2 unspecified atom stereocenters. The Morgan fingerprint density at radius 3 is 3.12 bits per heavy atom. The van der Waals surface area contributed by atoms with Gasteiger partial charge in [0.2, 0.25) is 0 Å². The van der Waals surface area contributed by atoms with Crippen molar-refractivity contribution in [2.75, 3.05) is 6.54 Å². The van der Waals surface area contributed by atoms with Crippen molar-refractivity contribution in [3.8, 4) is 6.07 Å². The molecule has 1 fully saturated rings. The molecule has 1 aliphatic carbocycles. The van der Waals surface area contributed by atoms with Crippen LogP contribution < -0.4 is 5.32 Å². The third-order valence-corrected chi connectivity index (χ3v) is 3.98. The Bertz CT molecular complexity index is 445. The second kappa shape index (κ2) is 3.92. The van der Waals surface area contributed by atoms with Gasteiger partial charge in [0.25, 0.3) is 0 Å². The summed E-state index contributed by atoms with van der Waals surface area (Å²) >= 11 is 0. The van der Waals surface area contributed by atoms with Crippen LogP contribution in [0, 0.1) is 11.3 Å². The van der Waals surface area contributed by atoms with Crippen LogP contribution in [0.3, 0.4) is 0 Å². The Balaban J connectivity index is 2.02. The predicted molar refractivity (Wildman–Crippen MR) is 63.2 cm³/mol. The summed E-state index contributed by atoms with van der Waals surface area (Å²) in [5.74, 6) is 0.644. The first kappa shape index (κ1) is 9.86. The predicted octanol–water partition coefficient (Wildman–Crippen LogP) is 2.34. The average Bonchev–Trinajstić information content (AvgIpc) is 2.38. The summed E-state index contributed by atoms with van der Waals surface area (Å²) in [5.41, 5.74) is 3.71. The van der Waals surface area contributed by atoms with Crippen molar-refractivity contribution in [1.82, 2.24) is 5.32 Å². The van der Waals surface area contributed by atoms with Crippen molar-refractivity contribution >= 4 is 0 Å². The standard InChI is InChI=1S/C14H16N2/c15-9-10-3-4-11-5-6-14-12(13(11)8-10)2-1-7-16-14/h3-4,8,12,14,16H,1-2,5-7H2. The molecule has 1 aromatic carbocycles. The largest absolute Gasteiger partial charge is 0.313 e. The zero-order chi connectivity index (χ0) is 11.0. The van der Waals surface area contributed by atoms with E-state index in [1.54, 1.807) is 0 Å². The number of rotatable bonds is 0.